The molecule has 1 aromatic carbocycles. The van der Waals surface area contributed by atoms with Crippen molar-refractivity contribution in [1.29, 1.82) is 0 Å². The van der Waals surface area contributed by atoms with Gasteiger partial charge in [-0.3, -0.25) is 0 Å². The molecule has 0 saturated carbocycles. The van der Waals surface area contributed by atoms with Crippen molar-refractivity contribution < 1.29 is 9.84 Å². The van der Waals surface area contributed by atoms with Gasteiger partial charge in [-0.25, -0.2) is 0 Å². The van der Waals surface area contributed by atoms with Crippen LogP contribution in [-0.2, 0) is 17.6 Å². The quantitative estimate of drug-likeness (QED) is 0.762. The monoisotopic (exact) mass is 288 g/mol. The number of aromatic amines is 1. The van der Waals surface area contributed by atoms with Gasteiger partial charge in [0.2, 0.25) is 0 Å². The molecular formula is C17H24N2O2. The van der Waals surface area contributed by atoms with Gasteiger partial charge >= 0.3 is 0 Å². The minimum absolute atomic E-state index is 0.366. The Balaban J connectivity index is 1.59. The van der Waals surface area contributed by atoms with E-state index in [0.29, 0.717) is 12.6 Å². The summed E-state index contributed by atoms with van der Waals surface area (Å²) >= 11 is 0. The second-order valence-corrected chi connectivity index (χ2v) is 5.92. The van der Waals surface area contributed by atoms with E-state index in [4.69, 9.17) is 4.74 Å². The molecule has 0 spiro atoms. The maximum Gasteiger partial charge on any atom is 0.0785 e. The van der Waals surface area contributed by atoms with Crippen molar-refractivity contribution in [1.82, 2.24) is 10.3 Å². The van der Waals surface area contributed by atoms with Gasteiger partial charge in [-0.1, -0.05) is 18.2 Å². The van der Waals surface area contributed by atoms with Crippen molar-refractivity contribution in [2.45, 2.75) is 37.8 Å². The van der Waals surface area contributed by atoms with Crippen molar-refractivity contribution >= 4 is 10.9 Å². The van der Waals surface area contributed by atoms with Crippen molar-refractivity contribution in [3.63, 3.8) is 0 Å². The third kappa shape index (κ3) is 3.28. The first-order valence-electron chi connectivity index (χ1n) is 7.76. The molecule has 3 N–H and O–H groups in total. The second kappa shape index (κ2) is 6.60. The summed E-state index contributed by atoms with van der Waals surface area (Å²) in [5, 5.41) is 14.6. The van der Waals surface area contributed by atoms with Crippen LogP contribution in [0.4, 0.5) is 0 Å². The number of aliphatic hydroxyl groups is 1. The Hall–Kier alpha value is -1.36. The number of benzene rings is 1. The largest absolute Gasteiger partial charge is 0.391 e. The predicted octanol–water partition coefficient (Wildman–Crippen LogP) is 2.01. The lowest BCUT2D eigenvalue weighted by molar-refractivity contribution is 0.0589. The Bertz CT molecular complexity index is 593. The van der Waals surface area contributed by atoms with E-state index in [-0.39, 0.29) is 6.10 Å². The van der Waals surface area contributed by atoms with Gasteiger partial charge in [0, 0.05) is 29.7 Å². The van der Waals surface area contributed by atoms with Crippen LogP contribution in [-0.4, -0.2) is 42.5 Å². The minimum Gasteiger partial charge on any atom is -0.391 e. The molecule has 114 valence electrons. The fourth-order valence-corrected chi connectivity index (χ4v) is 3.27. The number of aromatic nitrogens is 1. The summed E-state index contributed by atoms with van der Waals surface area (Å²) in [4.78, 5) is 3.54. The number of fused-ring (bicyclic) bond motifs is 3. The molecule has 1 heterocycles. The third-order valence-electron chi connectivity index (χ3n) is 4.36. The summed E-state index contributed by atoms with van der Waals surface area (Å²) in [6, 6.07) is 9.05. The molecule has 3 rings (SSSR count). The Kier molecular flexibility index (Phi) is 4.58. The lowest BCUT2D eigenvalue weighted by atomic mass is 9.91. The number of aliphatic hydroxyl groups excluding tert-OH is 1. The summed E-state index contributed by atoms with van der Waals surface area (Å²) in [6.07, 6.45) is 3.70. The molecule has 1 aromatic heterocycles. The number of ether oxygens (including phenoxy) is 1. The summed E-state index contributed by atoms with van der Waals surface area (Å²) in [6.45, 7) is 1.26. The fraction of sp³-hybridized carbons (Fsp3) is 0.529. The molecule has 1 aliphatic carbocycles. The van der Waals surface area contributed by atoms with Crippen LogP contribution in [0.5, 0.6) is 0 Å². The molecule has 2 aromatic rings. The van der Waals surface area contributed by atoms with Gasteiger partial charge in [-0.15, -0.1) is 0 Å². The smallest absolute Gasteiger partial charge is 0.0785 e. The van der Waals surface area contributed by atoms with Crippen LogP contribution in [0.25, 0.3) is 10.9 Å². The standard InChI is InChI=1S/C17H24N2O2/c1-21-11-13(20)8-9-18-12-6-7-17-15(10-12)14-4-2-3-5-16(14)19-17/h2-5,12-13,18-20H,6-11H2,1H3. The normalized spacial score (nSPS) is 19.6. The van der Waals surface area contributed by atoms with E-state index in [0.717, 1.165) is 32.2 Å². The summed E-state index contributed by atoms with van der Waals surface area (Å²) in [5.74, 6) is 0. The maximum atomic E-state index is 9.67. The van der Waals surface area contributed by atoms with E-state index >= 15 is 0 Å². The van der Waals surface area contributed by atoms with Crippen LogP contribution in [0.3, 0.4) is 0 Å². The lowest BCUT2D eigenvalue weighted by Gasteiger charge is -2.24. The number of hydrogen-bond acceptors (Lipinski definition) is 3. The first-order chi connectivity index (χ1) is 10.3. The molecule has 2 unspecified atom stereocenters. The molecule has 2 atom stereocenters. The van der Waals surface area contributed by atoms with Crippen LogP contribution in [0, 0.1) is 0 Å². The highest BCUT2D eigenvalue weighted by Crippen LogP contribution is 2.28. The summed E-state index contributed by atoms with van der Waals surface area (Å²) in [7, 11) is 1.62. The number of nitrogens with one attached hydrogen (secondary N) is 2. The zero-order valence-corrected chi connectivity index (χ0v) is 12.6. The van der Waals surface area contributed by atoms with Crippen LogP contribution in [0.15, 0.2) is 24.3 Å². The van der Waals surface area contributed by atoms with Crippen LogP contribution in [0.1, 0.15) is 24.1 Å². The molecule has 1 aliphatic rings. The third-order valence-corrected chi connectivity index (χ3v) is 4.36. The molecule has 0 fully saturated rings. The van der Waals surface area contributed by atoms with Gasteiger partial charge in [0.15, 0.2) is 0 Å². The predicted molar refractivity (Wildman–Crippen MR) is 84.6 cm³/mol. The highest BCUT2D eigenvalue weighted by molar-refractivity contribution is 5.84. The van der Waals surface area contributed by atoms with Crippen LogP contribution >= 0.6 is 0 Å². The number of aryl methyl sites for hydroxylation is 1. The van der Waals surface area contributed by atoms with Crippen molar-refractivity contribution in [3.8, 4) is 0 Å². The zero-order valence-electron chi connectivity index (χ0n) is 12.6. The first-order valence-corrected chi connectivity index (χ1v) is 7.76. The number of para-hydroxylation sites is 1. The fourth-order valence-electron chi connectivity index (χ4n) is 3.27. The number of H-pyrrole nitrogens is 1. The van der Waals surface area contributed by atoms with Crippen molar-refractivity contribution in [2.75, 3.05) is 20.3 Å². The average Bonchev–Trinajstić information content (AvgIpc) is 2.86. The second-order valence-electron chi connectivity index (χ2n) is 5.92. The Labute approximate surface area is 125 Å². The molecule has 0 aliphatic heterocycles. The van der Waals surface area contributed by atoms with Crippen molar-refractivity contribution in [2.24, 2.45) is 0 Å². The van der Waals surface area contributed by atoms with Gasteiger partial charge in [-0.2, -0.15) is 0 Å². The minimum atomic E-state index is -0.366. The van der Waals surface area contributed by atoms with E-state index in [1.807, 2.05) is 0 Å². The first kappa shape index (κ1) is 14.6. The Morgan fingerprint density at radius 1 is 1.43 bits per heavy atom. The van der Waals surface area contributed by atoms with E-state index in [2.05, 4.69) is 34.6 Å². The summed E-state index contributed by atoms with van der Waals surface area (Å²) in [5.41, 5.74) is 4.11. The zero-order chi connectivity index (χ0) is 14.7. The molecule has 0 saturated heterocycles. The number of hydrogen-bond donors (Lipinski definition) is 3. The molecule has 4 nitrogen and oxygen atoms in total. The Morgan fingerprint density at radius 2 is 2.29 bits per heavy atom. The molecule has 0 amide bonds. The van der Waals surface area contributed by atoms with Crippen LogP contribution < -0.4 is 5.32 Å². The number of methoxy groups -OCH3 is 1. The van der Waals surface area contributed by atoms with E-state index < -0.39 is 0 Å². The van der Waals surface area contributed by atoms with Gasteiger partial charge in [0.05, 0.1) is 12.7 Å². The molecular weight excluding hydrogens is 264 g/mol. The van der Waals surface area contributed by atoms with E-state index in [1.54, 1.807) is 7.11 Å². The van der Waals surface area contributed by atoms with Crippen molar-refractivity contribution in [3.05, 3.63) is 35.5 Å². The highest BCUT2D eigenvalue weighted by atomic mass is 16.5. The SMILES string of the molecule is COCC(O)CCNC1CCc2[nH]c3ccccc3c2C1. The Morgan fingerprint density at radius 3 is 3.14 bits per heavy atom. The van der Waals surface area contributed by atoms with Gasteiger partial charge < -0.3 is 20.1 Å². The lowest BCUT2D eigenvalue weighted by Crippen LogP contribution is -2.36. The molecule has 21 heavy (non-hydrogen) atoms. The molecule has 0 radical (unpaired) electrons. The molecule has 4 heteroatoms. The summed E-state index contributed by atoms with van der Waals surface area (Å²) < 4.78 is 4.95. The van der Waals surface area contributed by atoms with Crippen LogP contribution in [0.2, 0.25) is 0 Å². The number of rotatable bonds is 6. The van der Waals surface area contributed by atoms with Gasteiger partial charge in [-0.05, 0) is 43.9 Å². The maximum absolute atomic E-state index is 9.67. The van der Waals surface area contributed by atoms with Gasteiger partial charge in [0.1, 0.15) is 0 Å². The topological polar surface area (TPSA) is 57.3 Å². The van der Waals surface area contributed by atoms with E-state index in [1.165, 1.54) is 22.2 Å². The average molecular weight is 288 g/mol. The molecule has 0 bridgehead atoms. The van der Waals surface area contributed by atoms with E-state index in [9.17, 15) is 5.11 Å². The highest BCUT2D eigenvalue weighted by Gasteiger charge is 2.21. The van der Waals surface area contributed by atoms with Gasteiger partial charge in [0.25, 0.3) is 0 Å².